The van der Waals surface area contributed by atoms with Crippen molar-refractivity contribution in [3.05, 3.63) is 72.9 Å². The Hall–Kier alpha value is -2.57. The minimum absolute atomic E-state index is 0.243. The molecule has 0 saturated carbocycles. The highest BCUT2D eigenvalue weighted by molar-refractivity contribution is 5.76. The first-order valence-electron chi connectivity index (χ1n) is 40.7. The Morgan fingerprint density at radius 1 is 0.381 bits per heavy atom. The van der Waals surface area contributed by atoms with Crippen LogP contribution in [-0.4, -0.2) is 140 Å². The number of unbranched alkanes of at least 4 members (excludes halogenated alkanes) is 45. The molecular formula is C83H151NO13. The normalized spacial score (nSPS) is 22.5. The van der Waals surface area contributed by atoms with Gasteiger partial charge >= 0.3 is 0 Å². The second-order valence-electron chi connectivity index (χ2n) is 28.5. The predicted octanol–water partition coefficient (Wildman–Crippen LogP) is 18.5. The number of aliphatic hydroxyl groups excluding tert-OH is 8. The van der Waals surface area contributed by atoms with Crippen molar-refractivity contribution in [2.75, 3.05) is 19.8 Å². The number of carbonyl (C=O) groups excluding carboxylic acids is 1. The summed E-state index contributed by atoms with van der Waals surface area (Å²) in [6.45, 7) is 2.72. The molecule has 1 amide bonds. The first kappa shape index (κ1) is 90.5. The van der Waals surface area contributed by atoms with E-state index in [-0.39, 0.29) is 18.9 Å². The van der Waals surface area contributed by atoms with Crippen molar-refractivity contribution in [2.24, 2.45) is 0 Å². The van der Waals surface area contributed by atoms with Crippen molar-refractivity contribution in [2.45, 2.75) is 428 Å². The minimum atomic E-state index is -1.79. The molecule has 12 unspecified atom stereocenters. The van der Waals surface area contributed by atoms with Crippen molar-refractivity contribution in [3.63, 3.8) is 0 Å². The van der Waals surface area contributed by atoms with Gasteiger partial charge in [-0.1, -0.05) is 350 Å². The highest BCUT2D eigenvalue weighted by Gasteiger charge is 2.51. The van der Waals surface area contributed by atoms with Gasteiger partial charge in [-0.15, -0.1) is 0 Å². The van der Waals surface area contributed by atoms with Gasteiger partial charge in [-0.2, -0.15) is 0 Å². The molecule has 0 aromatic rings. The molecule has 0 aliphatic carbocycles. The number of carbonyl (C=O) groups is 1. The lowest BCUT2D eigenvalue weighted by Gasteiger charge is -2.46. The molecule has 2 heterocycles. The van der Waals surface area contributed by atoms with Gasteiger partial charge in [-0.3, -0.25) is 4.79 Å². The lowest BCUT2D eigenvalue weighted by atomic mass is 9.97. The van der Waals surface area contributed by atoms with E-state index in [4.69, 9.17) is 18.9 Å². The van der Waals surface area contributed by atoms with E-state index in [1.165, 1.54) is 263 Å². The summed E-state index contributed by atoms with van der Waals surface area (Å²) < 4.78 is 22.9. The lowest BCUT2D eigenvalue weighted by molar-refractivity contribution is -0.359. The molecule has 566 valence electrons. The van der Waals surface area contributed by atoms with Gasteiger partial charge in [0, 0.05) is 6.42 Å². The maximum Gasteiger partial charge on any atom is 0.220 e. The number of aliphatic hydroxyl groups is 8. The molecule has 0 radical (unpaired) electrons. The van der Waals surface area contributed by atoms with Crippen molar-refractivity contribution in [1.29, 1.82) is 0 Å². The molecule has 0 bridgehead atoms. The van der Waals surface area contributed by atoms with Crippen molar-refractivity contribution in [3.8, 4) is 0 Å². The Morgan fingerprint density at radius 2 is 0.722 bits per heavy atom. The van der Waals surface area contributed by atoms with Crippen LogP contribution in [0.3, 0.4) is 0 Å². The largest absolute Gasteiger partial charge is 0.394 e. The SMILES string of the molecule is CC/C=C\C/C=C\C/C=C\C/C=C\CCCCCCCCCCCCCCCCCCCCCCCCC(=O)NC(COC1OC(CO)C(OC2OC(CO)C(O)C(O)C2O)C(O)C1O)C(O)/C=C/CC/C=C/CCCCCCCCCCCCCCCCCCCCCCCC. The third-order valence-corrected chi connectivity index (χ3v) is 19.6. The van der Waals surface area contributed by atoms with Gasteiger partial charge in [0.25, 0.3) is 0 Å². The molecular weight excluding hydrogens is 1220 g/mol. The lowest BCUT2D eigenvalue weighted by Crippen LogP contribution is -2.65. The van der Waals surface area contributed by atoms with Gasteiger partial charge in [-0.05, 0) is 70.6 Å². The zero-order chi connectivity index (χ0) is 70.1. The Kier molecular flexibility index (Phi) is 62.2. The molecule has 0 aromatic heterocycles. The number of allylic oxidation sites excluding steroid dienone is 11. The highest BCUT2D eigenvalue weighted by atomic mass is 16.7. The van der Waals surface area contributed by atoms with Crippen LogP contribution in [0.4, 0.5) is 0 Å². The number of amides is 1. The van der Waals surface area contributed by atoms with Crippen molar-refractivity contribution >= 4 is 5.91 Å². The third-order valence-electron chi connectivity index (χ3n) is 19.6. The maximum atomic E-state index is 13.4. The molecule has 2 aliphatic heterocycles. The van der Waals surface area contributed by atoms with Crippen LogP contribution >= 0.6 is 0 Å². The van der Waals surface area contributed by atoms with Crippen LogP contribution in [0.25, 0.3) is 0 Å². The molecule has 2 fully saturated rings. The van der Waals surface area contributed by atoms with Crippen LogP contribution in [0.1, 0.15) is 354 Å². The van der Waals surface area contributed by atoms with Crippen LogP contribution < -0.4 is 5.32 Å². The summed E-state index contributed by atoms with van der Waals surface area (Å²) in [5.74, 6) is -0.243. The first-order chi connectivity index (χ1) is 47.6. The van der Waals surface area contributed by atoms with Crippen LogP contribution in [0.15, 0.2) is 72.9 Å². The Labute approximate surface area is 593 Å². The molecule has 12 atom stereocenters. The topological polar surface area (TPSA) is 228 Å². The van der Waals surface area contributed by atoms with Crippen LogP contribution in [-0.2, 0) is 23.7 Å². The second-order valence-corrected chi connectivity index (χ2v) is 28.5. The van der Waals surface area contributed by atoms with E-state index in [1.54, 1.807) is 6.08 Å². The van der Waals surface area contributed by atoms with Crippen LogP contribution in [0.5, 0.6) is 0 Å². The Morgan fingerprint density at radius 3 is 1.13 bits per heavy atom. The van der Waals surface area contributed by atoms with E-state index >= 15 is 0 Å². The van der Waals surface area contributed by atoms with E-state index in [0.717, 1.165) is 57.8 Å². The van der Waals surface area contributed by atoms with E-state index < -0.39 is 86.8 Å². The fourth-order valence-electron chi connectivity index (χ4n) is 13.2. The molecule has 0 spiro atoms. The van der Waals surface area contributed by atoms with Crippen LogP contribution in [0.2, 0.25) is 0 Å². The summed E-state index contributed by atoms with van der Waals surface area (Å²) in [5, 5.41) is 87.7. The average Bonchev–Trinajstić information content (AvgIpc) is 0.793. The predicted molar refractivity (Wildman–Crippen MR) is 401 cm³/mol. The number of ether oxygens (including phenoxy) is 4. The second kappa shape index (κ2) is 66.7. The first-order valence-corrected chi connectivity index (χ1v) is 40.7. The monoisotopic (exact) mass is 1370 g/mol. The van der Waals surface area contributed by atoms with E-state index in [9.17, 15) is 45.6 Å². The number of hydrogen-bond acceptors (Lipinski definition) is 13. The van der Waals surface area contributed by atoms with Crippen molar-refractivity contribution < 1.29 is 64.6 Å². The van der Waals surface area contributed by atoms with Crippen molar-refractivity contribution in [1.82, 2.24) is 5.32 Å². The summed E-state index contributed by atoms with van der Waals surface area (Å²) in [6.07, 6.45) is 75.6. The van der Waals surface area contributed by atoms with Gasteiger partial charge in [-0.25, -0.2) is 0 Å². The Bertz CT molecular complexity index is 1910. The molecule has 0 aromatic carbocycles. The number of nitrogens with one attached hydrogen (secondary N) is 1. The number of hydrogen-bond donors (Lipinski definition) is 9. The smallest absolute Gasteiger partial charge is 0.220 e. The zero-order valence-corrected chi connectivity index (χ0v) is 62.1. The van der Waals surface area contributed by atoms with E-state index in [0.29, 0.717) is 12.8 Å². The molecule has 97 heavy (non-hydrogen) atoms. The molecule has 9 N–H and O–H groups in total. The quantitative estimate of drug-likeness (QED) is 0.0204. The van der Waals surface area contributed by atoms with Gasteiger partial charge in [0.05, 0.1) is 32.0 Å². The minimum Gasteiger partial charge on any atom is -0.394 e. The van der Waals surface area contributed by atoms with E-state index in [1.807, 2.05) is 6.08 Å². The van der Waals surface area contributed by atoms with Crippen LogP contribution in [0, 0.1) is 0 Å². The van der Waals surface area contributed by atoms with Gasteiger partial charge in [0.15, 0.2) is 12.6 Å². The zero-order valence-electron chi connectivity index (χ0n) is 62.1. The highest BCUT2D eigenvalue weighted by Crippen LogP contribution is 2.30. The average molecular weight is 1370 g/mol. The standard InChI is InChI=1S/C83H151NO13/c1-3-5-7-9-11-13-15-17-19-21-23-25-27-29-31-33-34-35-36-37-38-39-41-43-45-47-49-51-53-55-57-59-61-63-65-67-75(88)84-71(70-94-82-80(93)78(91)81(74(69-86)96-82)97-83-79(92)77(90)76(89)73(68-85)95-83)72(87)66-64-62-60-58-56-54-52-50-48-46-44-42-40-32-30-28-26-24-22-20-18-16-14-12-10-8-6-4-2/h5,7,11,13,17,19,23,25,56,58,64,66,71-74,76-83,85-87,89-93H,3-4,6,8-10,12,14-16,18,20-22,24,26-55,57,59-63,65,67-70H2,1-2H3,(H,84,88)/b7-5-,13-11-,19-17-,25-23-,58-56+,66-64+. The molecule has 2 aliphatic rings. The summed E-state index contributed by atoms with van der Waals surface area (Å²) in [4.78, 5) is 13.4. The fourth-order valence-corrected chi connectivity index (χ4v) is 13.2. The number of rotatable bonds is 68. The fraction of sp³-hybridized carbons (Fsp3) is 0.843. The molecule has 14 heteroatoms. The molecule has 14 nitrogen and oxygen atoms in total. The summed E-state index contributed by atoms with van der Waals surface area (Å²) in [7, 11) is 0. The van der Waals surface area contributed by atoms with Gasteiger partial charge < -0.3 is 65.1 Å². The van der Waals surface area contributed by atoms with E-state index in [2.05, 4.69) is 79.9 Å². The van der Waals surface area contributed by atoms with Gasteiger partial charge in [0.2, 0.25) is 5.91 Å². The third kappa shape index (κ3) is 49.6. The molecule has 2 rings (SSSR count). The summed E-state index contributed by atoms with van der Waals surface area (Å²) in [5.41, 5.74) is 0. The Balaban J connectivity index is 1.61. The summed E-state index contributed by atoms with van der Waals surface area (Å²) >= 11 is 0. The summed E-state index contributed by atoms with van der Waals surface area (Å²) in [6, 6.07) is -0.934. The van der Waals surface area contributed by atoms with Gasteiger partial charge in [0.1, 0.15) is 48.8 Å². The molecule has 2 saturated heterocycles. The maximum absolute atomic E-state index is 13.4.